The van der Waals surface area contributed by atoms with E-state index in [1.807, 2.05) is 20.8 Å². The van der Waals surface area contributed by atoms with Crippen LogP contribution in [-0.2, 0) is 4.74 Å². The first-order valence-electron chi connectivity index (χ1n) is 8.67. The van der Waals surface area contributed by atoms with Crippen LogP contribution in [0.3, 0.4) is 0 Å². The molecule has 0 aromatic carbocycles. The Morgan fingerprint density at radius 2 is 1.19 bits per heavy atom. The van der Waals surface area contributed by atoms with Crippen LogP contribution in [0, 0.1) is 16.2 Å². The molecule has 0 rings (SSSR count). The van der Waals surface area contributed by atoms with E-state index < -0.39 is 47.6 Å². The smallest absolute Gasteiger partial charge is 0.374 e. The van der Waals surface area contributed by atoms with E-state index in [1.54, 1.807) is 27.7 Å². The second-order valence-electron chi connectivity index (χ2n) is 9.76. The summed E-state index contributed by atoms with van der Waals surface area (Å²) in [6.45, 7) is 13.8. The minimum Gasteiger partial charge on any atom is -0.374 e. The third-order valence-corrected chi connectivity index (χ3v) is 5.04. The van der Waals surface area contributed by atoms with E-state index in [-0.39, 0.29) is 5.41 Å². The van der Waals surface area contributed by atoms with Gasteiger partial charge in [0.15, 0.2) is 6.29 Å². The Bertz CT molecular complexity index is 473. The molecule has 0 saturated carbocycles. The Balaban J connectivity index is 5.61. The van der Waals surface area contributed by atoms with Crippen LogP contribution in [0.2, 0.25) is 0 Å². The summed E-state index contributed by atoms with van der Waals surface area (Å²) in [4.78, 5) is 0. The van der Waals surface area contributed by atoms with Crippen molar-refractivity contribution < 1.29 is 41.3 Å². The van der Waals surface area contributed by atoms with Gasteiger partial charge in [0.25, 0.3) is 5.60 Å². The zero-order chi connectivity index (χ0) is 22.3. The summed E-state index contributed by atoms with van der Waals surface area (Å²) in [7, 11) is 0. The van der Waals surface area contributed by atoms with Gasteiger partial charge < -0.3 is 14.9 Å². The highest BCUT2D eigenvalue weighted by atomic mass is 19.4. The van der Waals surface area contributed by atoms with Crippen LogP contribution in [0.25, 0.3) is 0 Å². The van der Waals surface area contributed by atoms with Crippen LogP contribution in [0.5, 0.6) is 0 Å². The van der Waals surface area contributed by atoms with Crippen LogP contribution in [-0.4, -0.2) is 40.6 Å². The lowest BCUT2D eigenvalue weighted by Gasteiger charge is -2.49. The number of hydrogen-bond acceptors (Lipinski definition) is 3. The Kier molecular flexibility index (Phi) is 7.55. The molecule has 27 heavy (non-hydrogen) atoms. The molecule has 0 amide bonds. The molecule has 0 aliphatic rings. The predicted molar refractivity (Wildman–Crippen MR) is 89.9 cm³/mol. The van der Waals surface area contributed by atoms with Crippen molar-refractivity contribution in [1.82, 2.24) is 0 Å². The minimum atomic E-state index is -5.92. The number of aliphatic hydroxyl groups is 2. The van der Waals surface area contributed by atoms with Crippen LogP contribution in [0.15, 0.2) is 0 Å². The zero-order valence-corrected chi connectivity index (χ0v) is 17.1. The van der Waals surface area contributed by atoms with Crippen molar-refractivity contribution in [2.75, 3.05) is 0 Å². The molecule has 0 saturated heterocycles. The fourth-order valence-electron chi connectivity index (χ4n) is 3.05. The predicted octanol–water partition coefficient (Wildman–Crippen LogP) is 5.44. The van der Waals surface area contributed by atoms with Crippen molar-refractivity contribution in [3.05, 3.63) is 0 Å². The van der Waals surface area contributed by atoms with Gasteiger partial charge in [0, 0.05) is 11.8 Å². The molecule has 2 N–H and O–H groups in total. The highest BCUT2D eigenvalue weighted by Crippen LogP contribution is 2.50. The SMILES string of the molecule is CC(CC(O)(C(F)(F)F)C(F)(F)F)OC(O)C(C)(CC(C)(C)C)C(C)(C)C. The Hall–Kier alpha value is -0.540. The average molecular weight is 410 g/mol. The van der Waals surface area contributed by atoms with Gasteiger partial charge in [-0.05, 0) is 24.2 Å². The largest absolute Gasteiger partial charge is 0.426 e. The molecule has 9 heteroatoms. The minimum absolute atomic E-state index is 0.283. The van der Waals surface area contributed by atoms with E-state index in [0.717, 1.165) is 6.92 Å². The van der Waals surface area contributed by atoms with Crippen LogP contribution in [0.1, 0.15) is 68.2 Å². The molecule has 0 bridgehead atoms. The van der Waals surface area contributed by atoms with Crippen LogP contribution in [0.4, 0.5) is 26.3 Å². The maximum absolute atomic E-state index is 12.9. The molecule has 3 unspecified atom stereocenters. The van der Waals surface area contributed by atoms with Gasteiger partial charge in [0.05, 0.1) is 6.10 Å². The molecule has 0 heterocycles. The molecular weight excluding hydrogens is 378 g/mol. The molecular formula is C18H32F6O3. The number of rotatable bonds is 6. The quantitative estimate of drug-likeness (QED) is 0.453. The molecule has 0 spiro atoms. The summed E-state index contributed by atoms with van der Waals surface area (Å²) in [6.07, 6.45) is -16.5. The van der Waals surface area contributed by atoms with E-state index in [9.17, 15) is 36.6 Å². The topological polar surface area (TPSA) is 49.7 Å². The van der Waals surface area contributed by atoms with Crippen molar-refractivity contribution in [2.24, 2.45) is 16.2 Å². The maximum Gasteiger partial charge on any atom is 0.426 e. The summed E-state index contributed by atoms with van der Waals surface area (Å²) >= 11 is 0. The first-order chi connectivity index (χ1) is 11.5. The Morgan fingerprint density at radius 3 is 1.44 bits per heavy atom. The van der Waals surface area contributed by atoms with Gasteiger partial charge >= 0.3 is 12.4 Å². The van der Waals surface area contributed by atoms with Crippen molar-refractivity contribution in [2.45, 2.75) is 98.6 Å². The van der Waals surface area contributed by atoms with Gasteiger partial charge in [0.1, 0.15) is 0 Å². The number of halogens is 6. The Labute approximate surface area is 157 Å². The van der Waals surface area contributed by atoms with E-state index in [2.05, 4.69) is 0 Å². The van der Waals surface area contributed by atoms with Gasteiger partial charge in [-0.1, -0.05) is 48.5 Å². The zero-order valence-electron chi connectivity index (χ0n) is 17.1. The molecule has 3 nitrogen and oxygen atoms in total. The van der Waals surface area contributed by atoms with Crippen molar-refractivity contribution in [3.63, 3.8) is 0 Å². The van der Waals surface area contributed by atoms with Gasteiger partial charge in [0.2, 0.25) is 0 Å². The maximum atomic E-state index is 12.9. The summed E-state index contributed by atoms with van der Waals surface area (Å²) in [5.74, 6) is 0. The molecule has 0 fully saturated rings. The Morgan fingerprint density at radius 1 is 0.815 bits per heavy atom. The second kappa shape index (κ2) is 7.71. The van der Waals surface area contributed by atoms with Crippen molar-refractivity contribution >= 4 is 0 Å². The average Bonchev–Trinajstić information content (AvgIpc) is 2.31. The van der Waals surface area contributed by atoms with Gasteiger partial charge in [-0.2, -0.15) is 26.3 Å². The number of aliphatic hydroxyl groups excluding tert-OH is 1. The lowest BCUT2D eigenvalue weighted by atomic mass is 9.61. The number of hydrogen-bond donors (Lipinski definition) is 2. The standard InChI is InChI=1S/C18H32F6O3/c1-11(9-16(26,17(19,20)21)18(22,23)24)27-12(25)15(8,14(5,6)7)10-13(2,3)4/h11-12,25-26H,9-10H2,1-8H3. The molecule has 0 aliphatic carbocycles. The third-order valence-electron chi connectivity index (χ3n) is 5.04. The van der Waals surface area contributed by atoms with E-state index in [4.69, 9.17) is 4.74 Å². The van der Waals surface area contributed by atoms with Gasteiger partial charge in [-0.15, -0.1) is 0 Å². The van der Waals surface area contributed by atoms with E-state index >= 15 is 0 Å². The molecule has 0 radical (unpaired) electrons. The van der Waals surface area contributed by atoms with Crippen LogP contribution < -0.4 is 0 Å². The molecule has 0 aliphatic heterocycles. The highest BCUT2D eigenvalue weighted by Gasteiger charge is 2.70. The molecule has 0 aromatic heterocycles. The monoisotopic (exact) mass is 410 g/mol. The lowest BCUT2D eigenvalue weighted by Crippen LogP contribution is -2.59. The highest BCUT2D eigenvalue weighted by molar-refractivity contribution is 4.96. The summed E-state index contributed by atoms with van der Waals surface area (Å²) in [5.41, 5.74) is -6.73. The van der Waals surface area contributed by atoms with E-state index in [0.29, 0.717) is 6.42 Å². The number of ether oxygens (including phenoxy) is 1. The van der Waals surface area contributed by atoms with Gasteiger partial charge in [-0.25, -0.2) is 0 Å². The third kappa shape index (κ3) is 6.22. The van der Waals surface area contributed by atoms with Gasteiger partial charge in [-0.3, -0.25) is 0 Å². The van der Waals surface area contributed by atoms with Crippen molar-refractivity contribution in [3.8, 4) is 0 Å². The van der Waals surface area contributed by atoms with E-state index in [1.165, 1.54) is 0 Å². The summed E-state index contributed by atoms with van der Waals surface area (Å²) in [6, 6.07) is 0. The summed E-state index contributed by atoms with van der Waals surface area (Å²) < 4.78 is 82.3. The first-order valence-corrected chi connectivity index (χ1v) is 8.67. The lowest BCUT2D eigenvalue weighted by molar-refractivity contribution is -0.377. The molecule has 3 atom stereocenters. The number of alkyl halides is 6. The second-order valence-corrected chi connectivity index (χ2v) is 9.76. The van der Waals surface area contributed by atoms with Crippen LogP contribution >= 0.6 is 0 Å². The summed E-state index contributed by atoms with van der Waals surface area (Å²) in [5, 5.41) is 19.9. The normalized spacial score (nSPS) is 19.6. The van der Waals surface area contributed by atoms with Crippen molar-refractivity contribution in [1.29, 1.82) is 0 Å². The molecule has 0 aromatic rings. The fourth-order valence-corrected chi connectivity index (χ4v) is 3.05. The molecule has 164 valence electrons. The first kappa shape index (κ1) is 26.5. The fraction of sp³-hybridized carbons (Fsp3) is 1.00.